The summed E-state index contributed by atoms with van der Waals surface area (Å²) in [5.74, 6) is -0.503. The van der Waals surface area contributed by atoms with E-state index in [2.05, 4.69) is 11.4 Å². The molecule has 1 amide bonds. The largest absolute Gasteiger partial charge is 0.506 e. The second kappa shape index (κ2) is 9.00. The zero-order valence-corrected chi connectivity index (χ0v) is 16.5. The average molecular weight is 421 g/mol. The molecule has 0 saturated carbocycles. The molecule has 0 aliphatic carbocycles. The molecule has 0 fully saturated rings. The Morgan fingerprint density at radius 3 is 2.61 bits per heavy atom. The lowest BCUT2D eigenvalue weighted by Gasteiger charge is -2.29. The number of ether oxygens (including phenoxy) is 1. The first kappa shape index (κ1) is 21.4. The van der Waals surface area contributed by atoms with Gasteiger partial charge in [-0.15, -0.1) is 0 Å². The Balaban J connectivity index is 0.000000858. The molecule has 1 aliphatic heterocycles. The number of aromatic nitrogens is 1. The van der Waals surface area contributed by atoms with E-state index in [9.17, 15) is 14.7 Å². The number of amides is 1. The Labute approximate surface area is 176 Å². The van der Waals surface area contributed by atoms with Crippen LogP contribution in [0.5, 0.6) is 11.5 Å². The van der Waals surface area contributed by atoms with Crippen molar-refractivity contribution in [1.29, 1.82) is 5.26 Å². The molecule has 1 aromatic heterocycles. The first-order chi connectivity index (χ1) is 15.0. The van der Waals surface area contributed by atoms with Crippen molar-refractivity contribution in [3.8, 4) is 17.6 Å². The molecule has 3 aromatic rings. The van der Waals surface area contributed by atoms with Gasteiger partial charge in [0.05, 0.1) is 23.2 Å². The molecule has 9 nitrogen and oxygen atoms in total. The average Bonchev–Trinajstić information content (AvgIpc) is 2.78. The van der Waals surface area contributed by atoms with Crippen LogP contribution >= 0.6 is 0 Å². The third-order valence-electron chi connectivity index (χ3n) is 4.86. The molecule has 0 saturated heterocycles. The van der Waals surface area contributed by atoms with Crippen LogP contribution < -0.4 is 15.6 Å². The van der Waals surface area contributed by atoms with E-state index < -0.39 is 17.5 Å². The van der Waals surface area contributed by atoms with Crippen LogP contribution in [0, 0.1) is 11.3 Å². The summed E-state index contributed by atoms with van der Waals surface area (Å²) in [5.41, 5.74) is 0.850. The molecule has 9 heteroatoms. The Hall–Kier alpha value is -4.32. The molecule has 158 valence electrons. The standard InChI is InChI=1S/C21H17N3O4.CH2O2/c1-2-23-20(26)17-19(25)14-4-3-5-16-18(14)24(21(17)27)15(11-28-16)13-8-6-12(10-22)7-9-13;2-1-3/h3-9,15,25H,2,11H2,1H3,(H,23,26);1H,(H,2,3). The van der Waals surface area contributed by atoms with Gasteiger partial charge in [-0.2, -0.15) is 5.26 Å². The highest BCUT2D eigenvalue weighted by Gasteiger charge is 2.31. The fourth-order valence-electron chi connectivity index (χ4n) is 3.56. The number of carbonyl (C=O) groups excluding carboxylic acids is 1. The summed E-state index contributed by atoms with van der Waals surface area (Å²) in [6.45, 7) is 2.01. The van der Waals surface area contributed by atoms with E-state index in [4.69, 9.17) is 19.9 Å². The number of para-hydroxylation sites is 1. The van der Waals surface area contributed by atoms with Gasteiger partial charge in [0, 0.05) is 11.9 Å². The number of aromatic hydroxyl groups is 1. The lowest BCUT2D eigenvalue weighted by atomic mass is 10.0. The van der Waals surface area contributed by atoms with Crippen molar-refractivity contribution in [2.45, 2.75) is 13.0 Å². The van der Waals surface area contributed by atoms with Gasteiger partial charge in [-0.1, -0.05) is 18.2 Å². The third-order valence-corrected chi connectivity index (χ3v) is 4.86. The number of nitrogens with zero attached hydrogens (tertiary/aromatic N) is 2. The Morgan fingerprint density at radius 1 is 1.32 bits per heavy atom. The molecule has 1 aliphatic rings. The van der Waals surface area contributed by atoms with Crippen molar-refractivity contribution in [2.75, 3.05) is 13.2 Å². The molecule has 2 aromatic carbocycles. The van der Waals surface area contributed by atoms with Crippen LogP contribution in [0.15, 0.2) is 47.3 Å². The maximum atomic E-state index is 13.3. The molecule has 2 heterocycles. The van der Waals surface area contributed by atoms with Crippen LogP contribution in [0.1, 0.15) is 34.5 Å². The van der Waals surface area contributed by atoms with Gasteiger partial charge in [-0.3, -0.25) is 19.0 Å². The van der Waals surface area contributed by atoms with Crippen molar-refractivity contribution in [1.82, 2.24) is 9.88 Å². The number of nitrogens with one attached hydrogen (secondary N) is 1. The van der Waals surface area contributed by atoms with Crippen molar-refractivity contribution < 1.29 is 24.5 Å². The van der Waals surface area contributed by atoms with E-state index >= 15 is 0 Å². The number of carbonyl (C=O) groups is 2. The summed E-state index contributed by atoms with van der Waals surface area (Å²) in [6, 6.07) is 13.5. The van der Waals surface area contributed by atoms with Crippen LogP contribution in [-0.4, -0.2) is 40.3 Å². The monoisotopic (exact) mass is 421 g/mol. The van der Waals surface area contributed by atoms with Crippen LogP contribution in [-0.2, 0) is 4.79 Å². The highest BCUT2D eigenvalue weighted by atomic mass is 16.5. The van der Waals surface area contributed by atoms with Gasteiger partial charge in [-0.05, 0) is 36.8 Å². The number of benzene rings is 2. The molecular formula is C22H19N3O6. The van der Waals surface area contributed by atoms with E-state index in [0.29, 0.717) is 28.8 Å². The molecule has 0 bridgehead atoms. The molecule has 0 spiro atoms. The van der Waals surface area contributed by atoms with Crippen LogP contribution in [0.2, 0.25) is 0 Å². The first-order valence-electron chi connectivity index (χ1n) is 9.37. The zero-order chi connectivity index (χ0) is 22.5. The van der Waals surface area contributed by atoms with Gasteiger partial charge in [0.2, 0.25) is 0 Å². The molecule has 4 rings (SSSR count). The topological polar surface area (TPSA) is 142 Å². The van der Waals surface area contributed by atoms with Crippen LogP contribution in [0.3, 0.4) is 0 Å². The van der Waals surface area contributed by atoms with Crippen LogP contribution in [0.25, 0.3) is 10.9 Å². The van der Waals surface area contributed by atoms with Gasteiger partial charge in [0.25, 0.3) is 17.9 Å². The molecular weight excluding hydrogens is 402 g/mol. The summed E-state index contributed by atoms with van der Waals surface area (Å²) in [7, 11) is 0. The number of hydrogen-bond donors (Lipinski definition) is 3. The third kappa shape index (κ3) is 3.79. The van der Waals surface area contributed by atoms with Gasteiger partial charge >= 0.3 is 0 Å². The number of rotatable bonds is 3. The van der Waals surface area contributed by atoms with Crippen LogP contribution in [0.4, 0.5) is 0 Å². The number of carboxylic acid groups (broad SMARTS) is 1. The fourth-order valence-corrected chi connectivity index (χ4v) is 3.56. The minimum atomic E-state index is -0.619. The van der Waals surface area contributed by atoms with E-state index in [1.54, 1.807) is 49.4 Å². The van der Waals surface area contributed by atoms with Crippen molar-refractivity contribution in [3.05, 3.63) is 69.5 Å². The van der Waals surface area contributed by atoms with Crippen molar-refractivity contribution >= 4 is 23.3 Å². The number of pyridine rings is 1. The molecule has 3 N–H and O–H groups in total. The predicted octanol–water partition coefficient (Wildman–Crippen LogP) is 2.01. The van der Waals surface area contributed by atoms with Gasteiger partial charge in [0.1, 0.15) is 23.7 Å². The van der Waals surface area contributed by atoms with E-state index in [1.807, 2.05) is 0 Å². The summed E-state index contributed by atoms with van der Waals surface area (Å²) in [4.78, 5) is 34.1. The lowest BCUT2D eigenvalue weighted by molar-refractivity contribution is -0.122. The van der Waals surface area contributed by atoms with Gasteiger partial charge in [0.15, 0.2) is 0 Å². The maximum absolute atomic E-state index is 13.3. The van der Waals surface area contributed by atoms with E-state index in [-0.39, 0.29) is 24.4 Å². The van der Waals surface area contributed by atoms with E-state index in [0.717, 1.165) is 5.56 Å². The maximum Gasteiger partial charge on any atom is 0.290 e. The lowest BCUT2D eigenvalue weighted by Crippen LogP contribution is -2.38. The quantitative estimate of drug-likeness (QED) is 0.549. The van der Waals surface area contributed by atoms with Crippen molar-refractivity contribution in [3.63, 3.8) is 0 Å². The Kier molecular flexibility index (Phi) is 6.21. The molecule has 31 heavy (non-hydrogen) atoms. The van der Waals surface area contributed by atoms with E-state index in [1.165, 1.54) is 4.57 Å². The molecule has 1 atom stereocenters. The second-order valence-electron chi connectivity index (χ2n) is 6.58. The second-order valence-corrected chi connectivity index (χ2v) is 6.58. The number of nitriles is 1. The molecule has 1 unspecified atom stereocenters. The van der Waals surface area contributed by atoms with Gasteiger partial charge < -0.3 is 20.3 Å². The zero-order valence-electron chi connectivity index (χ0n) is 16.5. The normalized spacial score (nSPS) is 13.9. The highest BCUT2D eigenvalue weighted by Crippen LogP contribution is 2.38. The smallest absolute Gasteiger partial charge is 0.290 e. The predicted molar refractivity (Wildman–Crippen MR) is 111 cm³/mol. The summed E-state index contributed by atoms with van der Waals surface area (Å²) >= 11 is 0. The Morgan fingerprint density at radius 2 is 2.00 bits per heavy atom. The minimum absolute atomic E-state index is 0.192. The summed E-state index contributed by atoms with van der Waals surface area (Å²) < 4.78 is 7.34. The summed E-state index contributed by atoms with van der Waals surface area (Å²) in [5, 5.41) is 29.5. The fraction of sp³-hybridized carbons (Fsp3) is 0.182. The first-order valence-corrected chi connectivity index (χ1v) is 9.37. The highest BCUT2D eigenvalue weighted by molar-refractivity contribution is 6.03. The van der Waals surface area contributed by atoms with Gasteiger partial charge in [-0.25, -0.2) is 0 Å². The SMILES string of the molecule is CCNC(=O)c1c(O)c2cccc3c2n(c1=O)C(c1ccc(C#N)cc1)CO3.O=CO. The Bertz CT molecular complexity index is 1240. The minimum Gasteiger partial charge on any atom is -0.506 e. The molecule has 0 radical (unpaired) electrons. The van der Waals surface area contributed by atoms with Crippen molar-refractivity contribution in [2.24, 2.45) is 0 Å². The summed E-state index contributed by atoms with van der Waals surface area (Å²) in [6.07, 6.45) is 0. The number of hydrogen-bond acceptors (Lipinski definition) is 6.